The van der Waals surface area contributed by atoms with Gasteiger partial charge < -0.3 is 26.6 Å². The summed E-state index contributed by atoms with van der Waals surface area (Å²) in [7, 11) is 0. The molecule has 5 amide bonds. The Morgan fingerprint density at radius 2 is 1.56 bits per heavy atom. The van der Waals surface area contributed by atoms with E-state index in [2.05, 4.69) is 16.0 Å². The highest BCUT2D eigenvalue weighted by molar-refractivity contribution is 6.37. The van der Waals surface area contributed by atoms with Crippen molar-refractivity contribution in [2.24, 2.45) is 28.9 Å². The van der Waals surface area contributed by atoms with Crippen LogP contribution in [0.15, 0.2) is 0 Å². The minimum absolute atomic E-state index is 0.0979. The minimum Gasteiger partial charge on any atom is -0.363 e. The number of ketones is 1. The summed E-state index contributed by atoms with van der Waals surface area (Å²) in [5.74, 6) is -2.47. The second-order valence-corrected chi connectivity index (χ2v) is 12.1. The second kappa shape index (κ2) is 12.1. The van der Waals surface area contributed by atoms with Gasteiger partial charge in [-0.1, -0.05) is 53.9 Å². The predicted molar refractivity (Wildman–Crippen MR) is 137 cm³/mol. The molecule has 204 valence electrons. The monoisotopic (exact) mass is 507 g/mol. The number of nitrogens with two attached hydrogens (primary N) is 1. The molecular weight excluding hydrogens is 462 g/mol. The molecule has 0 bridgehead atoms. The molecule has 36 heavy (non-hydrogen) atoms. The van der Waals surface area contributed by atoms with Crippen LogP contribution in [0.1, 0.15) is 80.6 Å². The highest BCUT2D eigenvalue weighted by Crippen LogP contribution is 2.34. The number of likely N-dealkylation sites (tertiary alicyclic amines) is 1. The summed E-state index contributed by atoms with van der Waals surface area (Å²) in [6.07, 6.45) is 3.93. The lowest BCUT2D eigenvalue weighted by atomic mass is 9.80. The first-order chi connectivity index (χ1) is 16.6. The minimum atomic E-state index is -1.08. The van der Waals surface area contributed by atoms with Gasteiger partial charge in [0.1, 0.15) is 12.1 Å². The van der Waals surface area contributed by atoms with Gasteiger partial charge >= 0.3 is 6.03 Å². The third kappa shape index (κ3) is 7.43. The lowest BCUT2D eigenvalue weighted by molar-refractivity contribution is -0.144. The highest BCUT2D eigenvalue weighted by atomic mass is 16.2. The number of urea groups is 1. The number of carbonyl (C=O) groups excluding carboxylic acids is 5. The number of nitrogens with zero attached hydrogens (tertiary/aromatic N) is 1. The molecule has 0 aromatic carbocycles. The van der Waals surface area contributed by atoms with Gasteiger partial charge in [-0.25, -0.2) is 4.79 Å². The summed E-state index contributed by atoms with van der Waals surface area (Å²) < 4.78 is 0. The number of carbonyl (C=O) groups is 5. The standard InChI is InChI=1S/C26H45N5O5/c1-14(2)17-11-12-31(24(35)21(26(5,6)7)30-25(36)28-15(3)4)19(17)23(34)29-18(20(32)22(27)33)13-16-9-8-10-16/h14-19,21H,8-13H2,1-7H3,(H2,27,33)(H,29,34)(H2,28,30,36)/t17?,18?,19-,21+/m0/s1. The number of amides is 5. The topological polar surface area (TPSA) is 151 Å². The molecule has 0 aromatic rings. The quantitative estimate of drug-likeness (QED) is 0.332. The van der Waals surface area contributed by atoms with E-state index in [-0.39, 0.29) is 29.7 Å². The molecule has 1 aliphatic carbocycles. The van der Waals surface area contributed by atoms with Gasteiger partial charge in [-0.2, -0.15) is 0 Å². The maximum atomic E-state index is 13.8. The first-order valence-electron chi connectivity index (χ1n) is 13.1. The number of hydrogen-bond acceptors (Lipinski definition) is 5. The van der Waals surface area contributed by atoms with Gasteiger partial charge in [0.25, 0.3) is 5.91 Å². The molecule has 4 atom stereocenters. The van der Waals surface area contributed by atoms with Gasteiger partial charge in [-0.05, 0) is 49.9 Å². The highest BCUT2D eigenvalue weighted by Gasteiger charge is 2.47. The van der Waals surface area contributed by atoms with Crippen molar-refractivity contribution in [1.29, 1.82) is 0 Å². The summed E-state index contributed by atoms with van der Waals surface area (Å²) >= 11 is 0. The number of hydrogen-bond donors (Lipinski definition) is 4. The van der Waals surface area contributed by atoms with Crippen molar-refractivity contribution in [2.75, 3.05) is 6.54 Å². The van der Waals surface area contributed by atoms with Gasteiger partial charge in [-0.15, -0.1) is 0 Å². The molecule has 2 rings (SSSR count). The summed E-state index contributed by atoms with van der Waals surface area (Å²) in [4.78, 5) is 65.7. The molecule has 10 heteroatoms. The van der Waals surface area contributed by atoms with E-state index in [4.69, 9.17) is 5.73 Å². The van der Waals surface area contributed by atoms with E-state index in [0.717, 1.165) is 19.3 Å². The molecule has 1 aliphatic heterocycles. The van der Waals surface area contributed by atoms with Crippen LogP contribution in [0.4, 0.5) is 4.79 Å². The molecule has 5 N–H and O–H groups in total. The van der Waals surface area contributed by atoms with Crippen LogP contribution in [0.2, 0.25) is 0 Å². The van der Waals surface area contributed by atoms with Crippen molar-refractivity contribution in [2.45, 2.75) is 105 Å². The maximum Gasteiger partial charge on any atom is 0.315 e. The normalized spacial score (nSPS) is 22.1. The van der Waals surface area contributed by atoms with Gasteiger partial charge in [0.15, 0.2) is 0 Å². The molecule has 2 fully saturated rings. The average Bonchev–Trinajstić information content (AvgIpc) is 3.16. The Balaban J connectivity index is 2.31. The summed E-state index contributed by atoms with van der Waals surface area (Å²) in [5, 5.41) is 8.31. The van der Waals surface area contributed by atoms with Crippen molar-refractivity contribution in [3.8, 4) is 0 Å². The Morgan fingerprint density at radius 3 is 2.00 bits per heavy atom. The number of primary amides is 1. The number of nitrogens with one attached hydrogen (secondary N) is 3. The SMILES string of the molecule is CC(C)NC(=O)N[C@H](C(=O)N1CCC(C(C)C)[C@H]1C(=O)NC(CC1CCC1)C(=O)C(N)=O)C(C)(C)C. The Labute approximate surface area is 214 Å². The van der Waals surface area contributed by atoms with Crippen LogP contribution in [-0.4, -0.2) is 65.1 Å². The second-order valence-electron chi connectivity index (χ2n) is 12.1. The largest absolute Gasteiger partial charge is 0.363 e. The van der Waals surface area contributed by atoms with Gasteiger partial charge in [-0.3, -0.25) is 19.2 Å². The molecular formula is C26H45N5O5. The first-order valence-corrected chi connectivity index (χ1v) is 13.1. The van der Waals surface area contributed by atoms with Gasteiger partial charge in [0, 0.05) is 12.6 Å². The van der Waals surface area contributed by atoms with Crippen LogP contribution in [0.3, 0.4) is 0 Å². The summed E-state index contributed by atoms with van der Waals surface area (Å²) in [6.45, 7) is 13.6. The molecule has 2 unspecified atom stereocenters. The van der Waals surface area contributed by atoms with Crippen molar-refractivity contribution in [1.82, 2.24) is 20.9 Å². The van der Waals surface area contributed by atoms with Crippen molar-refractivity contribution < 1.29 is 24.0 Å². The lowest BCUT2D eigenvalue weighted by Gasteiger charge is -2.37. The van der Waals surface area contributed by atoms with Crippen LogP contribution in [-0.2, 0) is 19.2 Å². The molecule has 10 nitrogen and oxygen atoms in total. The fraction of sp³-hybridized carbons (Fsp3) is 0.808. The zero-order valence-electron chi connectivity index (χ0n) is 22.8. The number of Topliss-reactive ketones (excluding diaryl/α,β-unsaturated/α-hetero) is 1. The lowest BCUT2D eigenvalue weighted by Crippen LogP contribution is -2.61. The van der Waals surface area contributed by atoms with E-state index in [9.17, 15) is 24.0 Å². The van der Waals surface area contributed by atoms with Gasteiger partial charge in [0.05, 0.1) is 6.04 Å². The van der Waals surface area contributed by atoms with Crippen LogP contribution < -0.4 is 21.7 Å². The van der Waals surface area contributed by atoms with Crippen LogP contribution in [0, 0.1) is 23.2 Å². The molecule has 2 aliphatic rings. The van der Waals surface area contributed by atoms with E-state index in [0.29, 0.717) is 19.4 Å². The summed E-state index contributed by atoms with van der Waals surface area (Å²) in [6, 6.07) is -3.24. The van der Waals surface area contributed by atoms with E-state index in [1.807, 2.05) is 48.5 Å². The third-order valence-electron chi connectivity index (χ3n) is 7.33. The Bertz CT molecular complexity index is 846. The van der Waals surface area contributed by atoms with Crippen LogP contribution >= 0.6 is 0 Å². The zero-order valence-corrected chi connectivity index (χ0v) is 22.8. The fourth-order valence-corrected chi connectivity index (χ4v) is 5.07. The predicted octanol–water partition coefficient (Wildman–Crippen LogP) is 1.71. The first kappa shape index (κ1) is 29.6. The molecule has 1 saturated heterocycles. The molecule has 0 spiro atoms. The maximum absolute atomic E-state index is 13.8. The fourth-order valence-electron chi connectivity index (χ4n) is 5.07. The van der Waals surface area contributed by atoms with E-state index in [1.165, 1.54) is 4.90 Å². The Morgan fingerprint density at radius 1 is 0.944 bits per heavy atom. The number of rotatable bonds is 10. The van der Waals surface area contributed by atoms with Crippen molar-refractivity contribution in [3.05, 3.63) is 0 Å². The molecule has 0 radical (unpaired) electrons. The smallest absolute Gasteiger partial charge is 0.315 e. The summed E-state index contributed by atoms with van der Waals surface area (Å²) in [5.41, 5.74) is 4.66. The third-order valence-corrected chi connectivity index (χ3v) is 7.33. The van der Waals surface area contributed by atoms with Crippen molar-refractivity contribution in [3.63, 3.8) is 0 Å². The molecule has 0 aromatic heterocycles. The average molecular weight is 508 g/mol. The molecule has 1 heterocycles. The van der Waals surface area contributed by atoms with Crippen LogP contribution in [0.25, 0.3) is 0 Å². The van der Waals surface area contributed by atoms with E-state index >= 15 is 0 Å². The van der Waals surface area contributed by atoms with E-state index in [1.54, 1.807) is 0 Å². The molecule has 1 saturated carbocycles. The van der Waals surface area contributed by atoms with E-state index < -0.39 is 47.2 Å². The van der Waals surface area contributed by atoms with Crippen molar-refractivity contribution >= 4 is 29.5 Å². The van der Waals surface area contributed by atoms with Crippen LogP contribution in [0.5, 0.6) is 0 Å². The van der Waals surface area contributed by atoms with Gasteiger partial charge in [0.2, 0.25) is 17.6 Å². The Kier molecular flexibility index (Phi) is 9.91. The zero-order chi connectivity index (χ0) is 27.4. The Hall–Kier alpha value is -2.65.